The normalized spacial score (nSPS) is 11.8. The van der Waals surface area contributed by atoms with Gasteiger partial charge in [0, 0.05) is 13.0 Å². The molecule has 5 nitrogen and oxygen atoms in total. The third-order valence-electron chi connectivity index (χ3n) is 3.00. The van der Waals surface area contributed by atoms with Crippen molar-refractivity contribution in [3.8, 4) is 11.5 Å². The lowest BCUT2D eigenvalue weighted by Gasteiger charge is -2.12. The molecule has 0 saturated heterocycles. The van der Waals surface area contributed by atoms with Gasteiger partial charge in [0.2, 0.25) is 5.91 Å². The highest BCUT2D eigenvalue weighted by Crippen LogP contribution is 2.29. The molecule has 0 saturated carbocycles. The number of hydrogen-bond donors (Lipinski definition) is 2. The number of ether oxygens (including phenoxy) is 1. The molecule has 0 radical (unpaired) electrons. The lowest BCUT2D eigenvalue weighted by Crippen LogP contribution is -2.10. The molecule has 5 heteroatoms. The monoisotopic (exact) mass is 285 g/mol. The molecule has 2 rings (SSSR count). The maximum Gasteiger partial charge on any atom is 0.221 e. The highest BCUT2D eigenvalue weighted by Gasteiger charge is 2.08. The van der Waals surface area contributed by atoms with Crippen molar-refractivity contribution in [2.24, 2.45) is 5.73 Å². The maximum atomic E-state index is 11.2. The molecule has 2 aromatic rings. The molecule has 0 bridgehead atoms. The molecule has 1 aromatic carbocycles. The summed E-state index contributed by atoms with van der Waals surface area (Å²) in [6.45, 7) is 3.47. The molecule has 1 atom stereocenters. The molecule has 0 fully saturated rings. The molecule has 1 heterocycles. The second kappa shape index (κ2) is 6.85. The summed E-state index contributed by atoms with van der Waals surface area (Å²) in [5.41, 5.74) is 7.38. The molecule has 0 aliphatic rings. The third kappa shape index (κ3) is 4.03. The number of nitrogens with one attached hydrogen (secondary N) is 1. The molecule has 3 N–H and O–H groups in total. The predicted molar refractivity (Wildman–Crippen MR) is 82.3 cm³/mol. The second-order valence-corrected chi connectivity index (χ2v) is 4.71. The summed E-state index contributed by atoms with van der Waals surface area (Å²) in [4.78, 5) is 15.5. The Morgan fingerprint density at radius 3 is 2.71 bits per heavy atom. The standard InChI is InChI=1S/C16H19N3O2/c1-3-13(17)14-9-8-12(10-18-14)21-16-7-5-4-6-15(16)19-11(2)20/h4-10,13H,3,17H2,1-2H3,(H,19,20)/t13-/m1/s1. The van der Waals surface area contributed by atoms with Crippen LogP contribution in [-0.4, -0.2) is 10.9 Å². The number of carbonyl (C=O) groups is 1. The van der Waals surface area contributed by atoms with Crippen LogP contribution in [0.5, 0.6) is 11.5 Å². The van der Waals surface area contributed by atoms with Crippen LogP contribution in [0.1, 0.15) is 32.0 Å². The van der Waals surface area contributed by atoms with Gasteiger partial charge in [0.25, 0.3) is 0 Å². The summed E-state index contributed by atoms with van der Waals surface area (Å²) >= 11 is 0. The van der Waals surface area contributed by atoms with Crippen molar-refractivity contribution >= 4 is 11.6 Å². The fraction of sp³-hybridized carbons (Fsp3) is 0.250. The van der Waals surface area contributed by atoms with Gasteiger partial charge in [-0.2, -0.15) is 0 Å². The maximum absolute atomic E-state index is 11.2. The van der Waals surface area contributed by atoms with E-state index in [4.69, 9.17) is 10.5 Å². The first kappa shape index (κ1) is 15.0. The Morgan fingerprint density at radius 2 is 2.10 bits per heavy atom. The van der Waals surface area contributed by atoms with Crippen LogP contribution in [0.25, 0.3) is 0 Å². The van der Waals surface area contributed by atoms with Gasteiger partial charge >= 0.3 is 0 Å². The zero-order valence-corrected chi connectivity index (χ0v) is 12.2. The number of pyridine rings is 1. The van der Waals surface area contributed by atoms with Crippen molar-refractivity contribution < 1.29 is 9.53 Å². The number of rotatable bonds is 5. The SMILES string of the molecule is CC[C@@H](N)c1ccc(Oc2ccccc2NC(C)=O)cn1. The van der Waals surface area contributed by atoms with E-state index in [1.165, 1.54) is 6.92 Å². The number of carbonyl (C=O) groups excluding carboxylic acids is 1. The lowest BCUT2D eigenvalue weighted by molar-refractivity contribution is -0.114. The van der Waals surface area contributed by atoms with Crippen molar-refractivity contribution in [3.05, 3.63) is 48.3 Å². The number of nitrogens with two attached hydrogens (primary N) is 1. The van der Waals surface area contributed by atoms with Crippen LogP contribution in [0, 0.1) is 0 Å². The zero-order valence-electron chi connectivity index (χ0n) is 12.2. The smallest absolute Gasteiger partial charge is 0.221 e. The van der Waals surface area contributed by atoms with Crippen molar-refractivity contribution in [3.63, 3.8) is 0 Å². The Hall–Kier alpha value is -2.40. The van der Waals surface area contributed by atoms with Crippen molar-refractivity contribution in [1.29, 1.82) is 0 Å². The molecule has 0 spiro atoms. The van der Waals surface area contributed by atoms with E-state index in [2.05, 4.69) is 10.3 Å². The van der Waals surface area contributed by atoms with Crippen LogP contribution in [0.3, 0.4) is 0 Å². The molecule has 0 aliphatic carbocycles. The highest BCUT2D eigenvalue weighted by molar-refractivity contribution is 5.90. The predicted octanol–water partition coefficient (Wildman–Crippen LogP) is 3.24. The van der Waals surface area contributed by atoms with Crippen LogP contribution >= 0.6 is 0 Å². The molecule has 1 amide bonds. The molecule has 0 aliphatic heterocycles. The largest absolute Gasteiger partial charge is 0.454 e. The van der Waals surface area contributed by atoms with Gasteiger partial charge in [-0.1, -0.05) is 19.1 Å². The molecular weight excluding hydrogens is 266 g/mol. The van der Waals surface area contributed by atoms with Gasteiger partial charge in [0.15, 0.2) is 5.75 Å². The van der Waals surface area contributed by atoms with Gasteiger partial charge in [-0.25, -0.2) is 0 Å². The Bertz CT molecular complexity index is 611. The topological polar surface area (TPSA) is 77.2 Å². The minimum absolute atomic E-state index is 0.0642. The molecule has 0 unspecified atom stereocenters. The second-order valence-electron chi connectivity index (χ2n) is 4.71. The van der Waals surface area contributed by atoms with Crippen molar-refractivity contribution in [1.82, 2.24) is 4.98 Å². The van der Waals surface area contributed by atoms with Gasteiger partial charge in [-0.3, -0.25) is 9.78 Å². The summed E-state index contributed by atoms with van der Waals surface area (Å²) in [7, 11) is 0. The van der Waals surface area contributed by atoms with Crippen molar-refractivity contribution in [2.75, 3.05) is 5.32 Å². The van der Waals surface area contributed by atoms with E-state index in [1.807, 2.05) is 31.2 Å². The Balaban J connectivity index is 2.16. The van der Waals surface area contributed by atoms with Crippen LogP contribution in [0.2, 0.25) is 0 Å². The molecule has 21 heavy (non-hydrogen) atoms. The molecule has 110 valence electrons. The van der Waals surface area contributed by atoms with Crippen LogP contribution in [0.4, 0.5) is 5.69 Å². The number of benzene rings is 1. The first-order valence-corrected chi connectivity index (χ1v) is 6.86. The van der Waals surface area contributed by atoms with E-state index in [-0.39, 0.29) is 11.9 Å². The molecular formula is C16H19N3O2. The number of amides is 1. The number of hydrogen-bond acceptors (Lipinski definition) is 4. The third-order valence-corrected chi connectivity index (χ3v) is 3.00. The van der Waals surface area contributed by atoms with Crippen molar-refractivity contribution in [2.45, 2.75) is 26.3 Å². The quantitative estimate of drug-likeness (QED) is 0.884. The van der Waals surface area contributed by atoms with Gasteiger partial charge in [-0.15, -0.1) is 0 Å². The Kier molecular flexibility index (Phi) is 4.90. The number of anilines is 1. The van der Waals surface area contributed by atoms with Gasteiger partial charge in [0.05, 0.1) is 17.6 Å². The van der Waals surface area contributed by atoms with Crippen LogP contribution in [-0.2, 0) is 4.79 Å². The van der Waals surface area contributed by atoms with E-state index in [9.17, 15) is 4.79 Å². The number of para-hydroxylation sites is 2. The van der Waals surface area contributed by atoms with Crippen LogP contribution in [0.15, 0.2) is 42.6 Å². The Labute approximate surface area is 124 Å². The van der Waals surface area contributed by atoms with Gasteiger partial charge < -0.3 is 15.8 Å². The first-order chi connectivity index (χ1) is 10.1. The lowest BCUT2D eigenvalue weighted by atomic mass is 10.1. The number of aromatic nitrogens is 1. The summed E-state index contributed by atoms with van der Waals surface area (Å²) < 4.78 is 5.76. The van der Waals surface area contributed by atoms with E-state index >= 15 is 0 Å². The fourth-order valence-corrected chi connectivity index (χ4v) is 1.86. The average molecular weight is 285 g/mol. The Morgan fingerprint density at radius 1 is 1.33 bits per heavy atom. The van der Waals surface area contributed by atoms with E-state index in [1.54, 1.807) is 18.3 Å². The zero-order chi connectivity index (χ0) is 15.2. The first-order valence-electron chi connectivity index (χ1n) is 6.86. The molecule has 1 aromatic heterocycles. The number of nitrogens with zero attached hydrogens (tertiary/aromatic N) is 1. The summed E-state index contributed by atoms with van der Waals surface area (Å²) in [6, 6.07) is 10.9. The van der Waals surface area contributed by atoms with Gasteiger partial charge in [-0.05, 0) is 30.7 Å². The van der Waals surface area contributed by atoms with E-state index in [0.29, 0.717) is 17.2 Å². The van der Waals surface area contributed by atoms with Crippen LogP contribution < -0.4 is 15.8 Å². The minimum atomic E-state index is -0.145. The summed E-state index contributed by atoms with van der Waals surface area (Å²) in [5.74, 6) is 1.02. The minimum Gasteiger partial charge on any atom is -0.454 e. The fourth-order valence-electron chi connectivity index (χ4n) is 1.86. The summed E-state index contributed by atoms with van der Waals surface area (Å²) in [5, 5.41) is 2.73. The average Bonchev–Trinajstić information content (AvgIpc) is 2.49. The highest BCUT2D eigenvalue weighted by atomic mass is 16.5. The van der Waals surface area contributed by atoms with E-state index in [0.717, 1.165) is 12.1 Å². The summed E-state index contributed by atoms with van der Waals surface area (Å²) in [6.07, 6.45) is 2.47. The van der Waals surface area contributed by atoms with E-state index < -0.39 is 0 Å². The van der Waals surface area contributed by atoms with Gasteiger partial charge in [0.1, 0.15) is 5.75 Å².